The predicted molar refractivity (Wildman–Crippen MR) is 99.3 cm³/mol. The number of nitrogens with zero attached hydrogens (tertiary/aromatic N) is 3. The topological polar surface area (TPSA) is 66.7 Å². The molecule has 2 aliphatic rings. The van der Waals surface area contributed by atoms with Crippen LogP contribution in [0, 0.1) is 0 Å². The summed E-state index contributed by atoms with van der Waals surface area (Å²) in [6.07, 6.45) is 10.7. The minimum Gasteiger partial charge on any atom is -0.347 e. The zero-order valence-corrected chi connectivity index (χ0v) is 15.1. The van der Waals surface area contributed by atoms with Crippen molar-refractivity contribution < 1.29 is 9.59 Å². The van der Waals surface area contributed by atoms with Crippen molar-refractivity contribution in [3.63, 3.8) is 0 Å². The molecule has 6 nitrogen and oxygen atoms in total. The molecule has 2 aromatic heterocycles. The molecule has 1 N–H and O–H groups in total. The highest BCUT2D eigenvalue weighted by molar-refractivity contribution is 6.02. The summed E-state index contributed by atoms with van der Waals surface area (Å²) in [5.74, 6) is 0.0608. The Balaban J connectivity index is 1.62. The highest BCUT2D eigenvalue weighted by atomic mass is 16.2. The van der Waals surface area contributed by atoms with Crippen LogP contribution in [0.25, 0.3) is 5.52 Å². The molecule has 0 atom stereocenters. The lowest BCUT2D eigenvalue weighted by molar-refractivity contribution is 0.0789. The van der Waals surface area contributed by atoms with Gasteiger partial charge >= 0.3 is 0 Å². The second-order valence-corrected chi connectivity index (χ2v) is 7.40. The number of aromatic nitrogens is 2. The van der Waals surface area contributed by atoms with Crippen LogP contribution in [-0.4, -0.2) is 45.2 Å². The number of fused-ring (bicyclic) bond motifs is 1. The largest absolute Gasteiger partial charge is 0.347 e. The molecule has 0 unspecified atom stereocenters. The first kappa shape index (κ1) is 17.1. The molecule has 1 saturated carbocycles. The maximum absolute atomic E-state index is 12.9. The number of hydrogen-bond donors (Lipinski definition) is 1. The summed E-state index contributed by atoms with van der Waals surface area (Å²) in [6.45, 7) is 1.54. The summed E-state index contributed by atoms with van der Waals surface area (Å²) in [6, 6.07) is 5.81. The van der Waals surface area contributed by atoms with E-state index in [1.54, 1.807) is 4.40 Å². The van der Waals surface area contributed by atoms with Crippen LogP contribution in [0.1, 0.15) is 72.5 Å². The number of likely N-dealkylation sites (tertiary alicyclic amines) is 1. The lowest BCUT2D eigenvalue weighted by atomic mass is 10.1. The van der Waals surface area contributed by atoms with Gasteiger partial charge in [0.25, 0.3) is 11.8 Å². The first-order valence-electron chi connectivity index (χ1n) is 9.81. The average Bonchev–Trinajstić information content (AvgIpc) is 3.25. The molecule has 1 aliphatic carbocycles. The van der Waals surface area contributed by atoms with Crippen LogP contribution in [0.4, 0.5) is 0 Å². The average molecular weight is 354 g/mol. The molecule has 1 saturated heterocycles. The van der Waals surface area contributed by atoms with E-state index >= 15 is 0 Å². The normalized spacial score (nSPS) is 18.8. The molecule has 2 amide bonds. The summed E-state index contributed by atoms with van der Waals surface area (Å²) >= 11 is 0. The van der Waals surface area contributed by atoms with Crippen LogP contribution in [0.3, 0.4) is 0 Å². The van der Waals surface area contributed by atoms with E-state index in [0.717, 1.165) is 51.6 Å². The van der Waals surface area contributed by atoms with Crippen LogP contribution >= 0.6 is 0 Å². The van der Waals surface area contributed by atoms with Gasteiger partial charge in [0.2, 0.25) is 5.82 Å². The summed E-state index contributed by atoms with van der Waals surface area (Å²) < 4.78 is 1.75. The van der Waals surface area contributed by atoms with Crippen molar-refractivity contribution in [3.05, 3.63) is 35.9 Å². The van der Waals surface area contributed by atoms with Crippen molar-refractivity contribution >= 4 is 17.3 Å². The van der Waals surface area contributed by atoms with Crippen molar-refractivity contribution in [2.24, 2.45) is 0 Å². The van der Waals surface area contributed by atoms with E-state index in [1.165, 1.54) is 12.8 Å². The van der Waals surface area contributed by atoms with E-state index in [1.807, 2.05) is 29.3 Å². The number of carbonyl (C=O) groups excluding carboxylic acids is 2. The third kappa shape index (κ3) is 3.32. The molecular weight excluding hydrogens is 328 g/mol. The van der Waals surface area contributed by atoms with Crippen LogP contribution in [0.2, 0.25) is 0 Å². The SMILES string of the molecule is O=C(NC1CCCCCC1)c1nc(C(=O)N2CCCC2)c2ccccn12. The Morgan fingerprint density at radius 1 is 1.00 bits per heavy atom. The number of carbonyl (C=O) groups is 2. The molecule has 1 aliphatic heterocycles. The third-order valence-corrected chi connectivity index (χ3v) is 5.54. The van der Waals surface area contributed by atoms with E-state index in [2.05, 4.69) is 10.3 Å². The smallest absolute Gasteiger partial charge is 0.287 e. The van der Waals surface area contributed by atoms with Gasteiger partial charge in [-0.3, -0.25) is 14.0 Å². The standard InChI is InChI=1S/C20H26N4O2/c25-19(21-15-9-3-1-2-4-10-15)18-22-17(16-11-5-6-14-24(16)18)20(26)23-12-7-8-13-23/h5-6,11,14-15H,1-4,7-10,12-13H2,(H,21,25). The van der Waals surface area contributed by atoms with E-state index in [0.29, 0.717) is 17.0 Å². The Morgan fingerprint density at radius 2 is 1.73 bits per heavy atom. The third-order valence-electron chi connectivity index (χ3n) is 5.54. The lowest BCUT2D eigenvalue weighted by Gasteiger charge is -2.15. The monoisotopic (exact) mass is 354 g/mol. The van der Waals surface area contributed by atoms with E-state index in [4.69, 9.17) is 0 Å². The number of pyridine rings is 1. The van der Waals surface area contributed by atoms with Crippen molar-refractivity contribution in [2.75, 3.05) is 13.1 Å². The molecule has 2 fully saturated rings. The van der Waals surface area contributed by atoms with Gasteiger partial charge in [-0.25, -0.2) is 4.98 Å². The summed E-state index contributed by atoms with van der Waals surface area (Å²) in [4.78, 5) is 32.0. The summed E-state index contributed by atoms with van der Waals surface area (Å²) in [5, 5.41) is 3.14. The molecule has 26 heavy (non-hydrogen) atoms. The minimum atomic E-state index is -0.182. The summed E-state index contributed by atoms with van der Waals surface area (Å²) in [7, 11) is 0. The van der Waals surface area contributed by atoms with Gasteiger partial charge in [0.05, 0.1) is 5.52 Å². The Hall–Kier alpha value is -2.37. The molecule has 138 valence electrons. The van der Waals surface area contributed by atoms with Gasteiger partial charge < -0.3 is 10.2 Å². The van der Waals surface area contributed by atoms with Crippen molar-refractivity contribution in [1.29, 1.82) is 0 Å². The Labute approximate surface area is 153 Å². The number of nitrogens with one attached hydrogen (secondary N) is 1. The van der Waals surface area contributed by atoms with Crippen molar-refractivity contribution in [1.82, 2.24) is 19.6 Å². The van der Waals surface area contributed by atoms with Gasteiger partial charge in [-0.2, -0.15) is 0 Å². The fourth-order valence-electron chi connectivity index (χ4n) is 4.10. The second-order valence-electron chi connectivity index (χ2n) is 7.40. The second kappa shape index (κ2) is 7.48. The maximum Gasteiger partial charge on any atom is 0.287 e. The maximum atomic E-state index is 12.9. The highest BCUT2D eigenvalue weighted by Gasteiger charge is 2.27. The van der Waals surface area contributed by atoms with Gasteiger partial charge in [-0.05, 0) is 37.8 Å². The van der Waals surface area contributed by atoms with Gasteiger partial charge in [-0.1, -0.05) is 31.7 Å². The van der Waals surface area contributed by atoms with Crippen molar-refractivity contribution in [2.45, 2.75) is 57.4 Å². The van der Waals surface area contributed by atoms with Crippen molar-refractivity contribution in [3.8, 4) is 0 Å². The molecule has 3 heterocycles. The number of amides is 2. The van der Waals surface area contributed by atoms with Crippen LogP contribution in [-0.2, 0) is 0 Å². The summed E-state index contributed by atoms with van der Waals surface area (Å²) in [5.41, 5.74) is 1.09. The van der Waals surface area contributed by atoms with Gasteiger partial charge in [0.15, 0.2) is 5.69 Å². The zero-order valence-electron chi connectivity index (χ0n) is 15.1. The molecule has 0 bridgehead atoms. The molecular formula is C20H26N4O2. The molecule has 2 aromatic rings. The number of hydrogen-bond acceptors (Lipinski definition) is 3. The Kier molecular flexibility index (Phi) is 4.91. The minimum absolute atomic E-state index is 0.0697. The fraction of sp³-hybridized carbons (Fsp3) is 0.550. The Morgan fingerprint density at radius 3 is 2.46 bits per heavy atom. The quantitative estimate of drug-likeness (QED) is 0.862. The van der Waals surface area contributed by atoms with E-state index in [9.17, 15) is 9.59 Å². The van der Waals surface area contributed by atoms with Crippen LogP contribution < -0.4 is 5.32 Å². The molecule has 0 spiro atoms. The highest BCUT2D eigenvalue weighted by Crippen LogP contribution is 2.20. The molecule has 4 rings (SSSR count). The fourth-order valence-corrected chi connectivity index (χ4v) is 4.10. The first-order valence-corrected chi connectivity index (χ1v) is 9.81. The zero-order chi connectivity index (χ0) is 17.9. The van der Waals surface area contributed by atoms with Gasteiger partial charge in [0.1, 0.15) is 0 Å². The molecule has 0 aromatic carbocycles. The van der Waals surface area contributed by atoms with E-state index < -0.39 is 0 Å². The van der Waals surface area contributed by atoms with Gasteiger partial charge in [-0.15, -0.1) is 0 Å². The van der Waals surface area contributed by atoms with Crippen LogP contribution in [0.15, 0.2) is 24.4 Å². The first-order chi connectivity index (χ1) is 12.7. The van der Waals surface area contributed by atoms with E-state index in [-0.39, 0.29) is 17.9 Å². The predicted octanol–water partition coefficient (Wildman–Crippen LogP) is 3.02. The Bertz CT molecular complexity index is 799. The van der Waals surface area contributed by atoms with Gasteiger partial charge in [0, 0.05) is 25.3 Å². The lowest BCUT2D eigenvalue weighted by Crippen LogP contribution is -2.35. The number of rotatable bonds is 3. The van der Waals surface area contributed by atoms with Crippen LogP contribution in [0.5, 0.6) is 0 Å². The molecule has 0 radical (unpaired) electrons. The molecule has 6 heteroatoms. The number of imidazole rings is 1.